The van der Waals surface area contributed by atoms with Crippen LogP contribution in [0.4, 0.5) is 0 Å². The lowest BCUT2D eigenvalue weighted by molar-refractivity contribution is -0.121. The van der Waals surface area contributed by atoms with Crippen LogP contribution in [0.2, 0.25) is 0 Å². The number of amides is 1. The summed E-state index contributed by atoms with van der Waals surface area (Å²) >= 11 is 1.61. The SMILES string of the molecule is COc1ccc(-c2nc(CCNC(=O)CCCOc3ccccc3)cs2)cc1. The highest BCUT2D eigenvalue weighted by molar-refractivity contribution is 7.13. The molecule has 0 atom stereocenters. The number of para-hydroxylation sites is 1. The Balaban J connectivity index is 1.34. The number of ether oxygens (including phenoxy) is 2. The normalized spacial score (nSPS) is 10.5. The van der Waals surface area contributed by atoms with Gasteiger partial charge in [0.05, 0.1) is 19.4 Å². The van der Waals surface area contributed by atoms with Crippen molar-refractivity contribution in [3.8, 4) is 22.1 Å². The summed E-state index contributed by atoms with van der Waals surface area (Å²) in [6.07, 6.45) is 1.87. The van der Waals surface area contributed by atoms with Crippen LogP contribution in [0.3, 0.4) is 0 Å². The van der Waals surface area contributed by atoms with Crippen molar-refractivity contribution < 1.29 is 14.3 Å². The number of nitrogens with one attached hydrogen (secondary N) is 1. The summed E-state index contributed by atoms with van der Waals surface area (Å²) in [6, 6.07) is 17.5. The summed E-state index contributed by atoms with van der Waals surface area (Å²) in [5, 5.41) is 5.96. The summed E-state index contributed by atoms with van der Waals surface area (Å²) in [6.45, 7) is 1.12. The van der Waals surface area contributed by atoms with Crippen LogP contribution in [0, 0.1) is 0 Å². The van der Waals surface area contributed by atoms with Crippen molar-refractivity contribution >= 4 is 17.2 Å². The molecule has 1 aromatic heterocycles. The zero-order chi connectivity index (χ0) is 19.6. The molecule has 0 saturated heterocycles. The van der Waals surface area contributed by atoms with Crippen LogP contribution in [-0.2, 0) is 11.2 Å². The van der Waals surface area contributed by atoms with Gasteiger partial charge in [-0.1, -0.05) is 18.2 Å². The van der Waals surface area contributed by atoms with Crippen LogP contribution in [0.1, 0.15) is 18.5 Å². The van der Waals surface area contributed by atoms with Crippen molar-refractivity contribution in [1.82, 2.24) is 10.3 Å². The highest BCUT2D eigenvalue weighted by Gasteiger charge is 2.06. The van der Waals surface area contributed by atoms with Gasteiger partial charge in [0.1, 0.15) is 16.5 Å². The van der Waals surface area contributed by atoms with E-state index < -0.39 is 0 Å². The zero-order valence-corrected chi connectivity index (χ0v) is 16.7. The van der Waals surface area contributed by atoms with Gasteiger partial charge in [-0.25, -0.2) is 4.98 Å². The minimum Gasteiger partial charge on any atom is -0.497 e. The third-order valence-corrected chi connectivity index (χ3v) is 5.09. The minimum atomic E-state index is 0.0438. The number of hydrogen-bond donors (Lipinski definition) is 1. The number of nitrogens with zero attached hydrogens (tertiary/aromatic N) is 1. The van der Waals surface area contributed by atoms with E-state index in [4.69, 9.17) is 9.47 Å². The molecule has 28 heavy (non-hydrogen) atoms. The number of thiazole rings is 1. The van der Waals surface area contributed by atoms with Crippen LogP contribution in [-0.4, -0.2) is 31.2 Å². The molecule has 0 aliphatic heterocycles. The number of benzene rings is 2. The Hall–Kier alpha value is -2.86. The summed E-state index contributed by atoms with van der Waals surface area (Å²) in [4.78, 5) is 16.6. The second-order valence-corrected chi connectivity index (χ2v) is 7.10. The second kappa shape index (κ2) is 10.5. The molecule has 3 rings (SSSR count). The van der Waals surface area contributed by atoms with Gasteiger partial charge in [0, 0.05) is 30.3 Å². The van der Waals surface area contributed by atoms with Gasteiger partial charge >= 0.3 is 0 Å². The summed E-state index contributed by atoms with van der Waals surface area (Å²) in [7, 11) is 1.65. The largest absolute Gasteiger partial charge is 0.497 e. The summed E-state index contributed by atoms with van der Waals surface area (Å²) < 4.78 is 10.8. The first kappa shape index (κ1) is 19.9. The van der Waals surface area contributed by atoms with Gasteiger partial charge in [-0.05, 0) is 42.8 Å². The molecule has 0 aliphatic rings. The molecule has 3 aromatic rings. The fourth-order valence-corrected chi connectivity index (χ4v) is 3.51. The molecular weight excluding hydrogens is 372 g/mol. The Bertz CT molecular complexity index is 863. The Morgan fingerprint density at radius 2 is 1.86 bits per heavy atom. The average molecular weight is 397 g/mol. The predicted molar refractivity (Wildman–Crippen MR) is 112 cm³/mol. The van der Waals surface area contributed by atoms with Crippen molar-refractivity contribution in [3.63, 3.8) is 0 Å². The monoisotopic (exact) mass is 396 g/mol. The topological polar surface area (TPSA) is 60.5 Å². The molecule has 1 amide bonds. The third-order valence-electron chi connectivity index (χ3n) is 4.15. The molecule has 0 radical (unpaired) electrons. The molecule has 2 aromatic carbocycles. The van der Waals surface area contributed by atoms with E-state index in [2.05, 4.69) is 10.3 Å². The lowest BCUT2D eigenvalue weighted by Crippen LogP contribution is -2.25. The maximum absolute atomic E-state index is 11.9. The highest BCUT2D eigenvalue weighted by atomic mass is 32.1. The van der Waals surface area contributed by atoms with E-state index in [-0.39, 0.29) is 5.91 Å². The molecule has 0 bridgehead atoms. The smallest absolute Gasteiger partial charge is 0.220 e. The van der Waals surface area contributed by atoms with Gasteiger partial charge in [0.2, 0.25) is 5.91 Å². The van der Waals surface area contributed by atoms with Crippen LogP contribution in [0.25, 0.3) is 10.6 Å². The number of carbonyl (C=O) groups excluding carboxylic acids is 1. The molecule has 0 saturated carbocycles. The van der Waals surface area contributed by atoms with E-state index in [0.29, 0.717) is 26.0 Å². The lowest BCUT2D eigenvalue weighted by Gasteiger charge is -2.06. The van der Waals surface area contributed by atoms with Gasteiger partial charge in [-0.2, -0.15) is 0 Å². The van der Waals surface area contributed by atoms with Crippen molar-refractivity contribution in [2.24, 2.45) is 0 Å². The van der Waals surface area contributed by atoms with Crippen molar-refractivity contribution in [2.45, 2.75) is 19.3 Å². The number of aromatic nitrogens is 1. The first-order valence-electron chi connectivity index (χ1n) is 9.28. The van der Waals surface area contributed by atoms with E-state index in [1.807, 2.05) is 60.0 Å². The van der Waals surface area contributed by atoms with Crippen LogP contribution in [0.15, 0.2) is 60.0 Å². The van der Waals surface area contributed by atoms with Crippen molar-refractivity contribution in [3.05, 3.63) is 65.7 Å². The second-order valence-electron chi connectivity index (χ2n) is 6.24. The molecule has 0 aliphatic carbocycles. The zero-order valence-electron chi connectivity index (χ0n) is 15.9. The lowest BCUT2D eigenvalue weighted by atomic mass is 10.2. The molecule has 0 unspecified atom stereocenters. The van der Waals surface area contributed by atoms with Gasteiger partial charge in [0.25, 0.3) is 0 Å². The Kier molecular flexibility index (Phi) is 7.44. The summed E-state index contributed by atoms with van der Waals surface area (Å²) in [5.41, 5.74) is 2.06. The van der Waals surface area contributed by atoms with Crippen LogP contribution in [0.5, 0.6) is 11.5 Å². The first-order valence-corrected chi connectivity index (χ1v) is 10.2. The molecule has 0 spiro atoms. The number of carbonyl (C=O) groups is 1. The van der Waals surface area contributed by atoms with Gasteiger partial charge in [-0.15, -0.1) is 11.3 Å². The maximum Gasteiger partial charge on any atom is 0.220 e. The minimum absolute atomic E-state index is 0.0438. The maximum atomic E-state index is 11.9. The van der Waals surface area contributed by atoms with E-state index in [9.17, 15) is 4.79 Å². The van der Waals surface area contributed by atoms with E-state index in [1.54, 1.807) is 18.4 Å². The number of methoxy groups -OCH3 is 1. The Labute approximate surface area is 169 Å². The van der Waals surface area contributed by atoms with Gasteiger partial charge in [-0.3, -0.25) is 4.79 Å². The standard InChI is InChI=1S/C22H24N2O3S/c1-26-19-11-9-17(10-12-19)22-24-18(16-28-22)13-14-23-21(25)8-5-15-27-20-6-3-2-4-7-20/h2-4,6-7,9-12,16H,5,8,13-15H2,1H3,(H,23,25). The van der Waals surface area contributed by atoms with Gasteiger partial charge < -0.3 is 14.8 Å². The Morgan fingerprint density at radius 3 is 2.61 bits per heavy atom. The third kappa shape index (κ3) is 6.09. The quantitative estimate of drug-likeness (QED) is 0.518. The van der Waals surface area contributed by atoms with Crippen LogP contribution < -0.4 is 14.8 Å². The molecule has 146 valence electrons. The molecule has 5 nitrogen and oxygen atoms in total. The summed E-state index contributed by atoms with van der Waals surface area (Å²) in [5.74, 6) is 1.71. The fourth-order valence-electron chi connectivity index (χ4n) is 2.65. The number of rotatable bonds is 10. The fraction of sp³-hybridized carbons (Fsp3) is 0.273. The molecule has 1 heterocycles. The van der Waals surface area contributed by atoms with E-state index in [0.717, 1.165) is 34.2 Å². The predicted octanol–water partition coefficient (Wildman–Crippen LogP) is 4.34. The van der Waals surface area contributed by atoms with E-state index in [1.165, 1.54) is 0 Å². The first-order chi connectivity index (χ1) is 13.7. The van der Waals surface area contributed by atoms with Crippen molar-refractivity contribution in [2.75, 3.05) is 20.3 Å². The molecule has 6 heteroatoms. The molecular formula is C22H24N2O3S. The number of hydrogen-bond acceptors (Lipinski definition) is 5. The Morgan fingerprint density at radius 1 is 1.07 bits per heavy atom. The van der Waals surface area contributed by atoms with Crippen molar-refractivity contribution in [1.29, 1.82) is 0 Å². The van der Waals surface area contributed by atoms with E-state index >= 15 is 0 Å². The molecule has 0 fully saturated rings. The molecule has 1 N–H and O–H groups in total. The van der Waals surface area contributed by atoms with Gasteiger partial charge in [0.15, 0.2) is 0 Å². The highest BCUT2D eigenvalue weighted by Crippen LogP contribution is 2.25. The average Bonchev–Trinajstić information content (AvgIpc) is 3.21. The van der Waals surface area contributed by atoms with Crippen LogP contribution >= 0.6 is 11.3 Å².